The molecule has 0 aromatic heterocycles. The van der Waals surface area contributed by atoms with E-state index in [1.165, 1.54) is 23.9 Å². The normalized spacial score (nSPS) is 19.7. The summed E-state index contributed by atoms with van der Waals surface area (Å²) in [6, 6.07) is 11.1. The number of carbonyl (C=O) groups excluding carboxylic acids is 2. The molecule has 2 amide bonds. The minimum absolute atomic E-state index is 0.169. The van der Waals surface area contributed by atoms with E-state index in [0.717, 1.165) is 15.6 Å². The lowest BCUT2D eigenvalue weighted by Crippen LogP contribution is -2.52. The van der Waals surface area contributed by atoms with E-state index < -0.39 is 6.04 Å². The topological polar surface area (TPSA) is 58.2 Å². The van der Waals surface area contributed by atoms with Crippen molar-refractivity contribution in [3.05, 3.63) is 63.9 Å². The summed E-state index contributed by atoms with van der Waals surface area (Å²) in [7, 11) is 0. The first-order valence-corrected chi connectivity index (χ1v) is 10.00. The highest BCUT2D eigenvalue weighted by molar-refractivity contribution is 9.10. The second kappa shape index (κ2) is 8.22. The smallest absolute Gasteiger partial charge is 0.247 e. The Morgan fingerprint density at radius 1 is 1.31 bits per heavy atom. The number of rotatable bonds is 4. The summed E-state index contributed by atoms with van der Waals surface area (Å²) in [6.45, 7) is 1.94. The molecule has 2 aromatic rings. The third-order valence-electron chi connectivity index (χ3n) is 4.15. The number of halogens is 2. The van der Waals surface area contributed by atoms with Gasteiger partial charge in [-0.15, -0.1) is 11.8 Å². The van der Waals surface area contributed by atoms with Crippen molar-refractivity contribution in [1.29, 1.82) is 0 Å². The second-order valence-corrected chi connectivity index (χ2v) is 8.26. The Bertz CT molecular complexity index is 829. The second-order valence-electron chi connectivity index (χ2n) is 6.17. The van der Waals surface area contributed by atoms with E-state index in [0.29, 0.717) is 17.9 Å². The Kier molecular flexibility index (Phi) is 5.98. The van der Waals surface area contributed by atoms with Crippen molar-refractivity contribution in [2.45, 2.75) is 24.6 Å². The maximum atomic E-state index is 13.0. The van der Waals surface area contributed by atoms with Crippen molar-refractivity contribution < 1.29 is 14.0 Å². The van der Waals surface area contributed by atoms with Gasteiger partial charge in [-0.1, -0.05) is 28.1 Å². The highest BCUT2D eigenvalue weighted by Gasteiger charge is 2.32. The Morgan fingerprint density at radius 2 is 2.04 bits per heavy atom. The van der Waals surface area contributed by atoms with Crippen LogP contribution in [0.5, 0.6) is 0 Å². The molecular weight excluding hydrogens is 419 g/mol. The van der Waals surface area contributed by atoms with Crippen LogP contribution >= 0.6 is 27.7 Å². The first-order chi connectivity index (χ1) is 12.4. The molecule has 3 rings (SSSR count). The fourth-order valence-corrected chi connectivity index (χ4v) is 4.11. The fraction of sp³-hybridized carbons (Fsp3) is 0.263. The number of anilines is 1. The molecular formula is C19H18BrFN2O2S. The molecule has 4 nitrogen and oxygen atoms in total. The van der Waals surface area contributed by atoms with Crippen molar-refractivity contribution >= 4 is 45.2 Å². The predicted molar refractivity (Wildman–Crippen MR) is 106 cm³/mol. The molecule has 0 bridgehead atoms. The molecule has 0 saturated carbocycles. The Morgan fingerprint density at radius 3 is 2.69 bits per heavy atom. The molecule has 0 unspecified atom stereocenters. The van der Waals surface area contributed by atoms with Crippen molar-refractivity contribution in [2.24, 2.45) is 0 Å². The van der Waals surface area contributed by atoms with Crippen LogP contribution < -0.4 is 10.6 Å². The maximum absolute atomic E-state index is 13.0. The van der Waals surface area contributed by atoms with Crippen LogP contribution in [-0.4, -0.2) is 28.9 Å². The van der Waals surface area contributed by atoms with Gasteiger partial charge < -0.3 is 10.6 Å². The van der Waals surface area contributed by atoms with Gasteiger partial charge in [0.15, 0.2) is 0 Å². The van der Waals surface area contributed by atoms with Crippen molar-refractivity contribution in [3.63, 3.8) is 0 Å². The lowest BCUT2D eigenvalue weighted by Gasteiger charge is -2.28. The van der Waals surface area contributed by atoms with Gasteiger partial charge in [0.05, 0.1) is 5.25 Å². The fourth-order valence-electron chi connectivity index (χ4n) is 2.67. The highest BCUT2D eigenvalue weighted by atomic mass is 79.9. The molecule has 2 aromatic carbocycles. The van der Waals surface area contributed by atoms with Gasteiger partial charge in [-0.25, -0.2) is 4.39 Å². The highest BCUT2D eigenvalue weighted by Crippen LogP contribution is 2.24. The van der Waals surface area contributed by atoms with Gasteiger partial charge in [-0.05, 0) is 54.8 Å². The number of benzene rings is 2. The zero-order chi connectivity index (χ0) is 18.7. The number of carbonyl (C=O) groups is 2. The van der Waals surface area contributed by atoms with Gasteiger partial charge in [0.25, 0.3) is 0 Å². The standard InChI is InChI=1S/C19H18BrFN2O2S/c1-11-8-14(6-7-15(11)20)22-18(24)16-10-26-17(19(25)23-16)9-12-2-4-13(21)5-3-12/h2-8,16-17H,9-10H2,1H3,(H,22,24)(H,23,25)/t16-,17+/m1/s1. The first-order valence-electron chi connectivity index (χ1n) is 8.16. The molecule has 1 heterocycles. The maximum Gasteiger partial charge on any atom is 0.247 e. The Labute approximate surface area is 164 Å². The number of amides is 2. The predicted octanol–water partition coefficient (Wildman–Crippen LogP) is 3.68. The van der Waals surface area contributed by atoms with Gasteiger partial charge in [-0.3, -0.25) is 9.59 Å². The molecule has 0 spiro atoms. The van der Waals surface area contributed by atoms with Gasteiger partial charge in [0.1, 0.15) is 11.9 Å². The molecule has 1 saturated heterocycles. The quantitative estimate of drug-likeness (QED) is 0.768. The lowest BCUT2D eigenvalue weighted by molar-refractivity contribution is -0.126. The van der Waals surface area contributed by atoms with Crippen molar-refractivity contribution in [2.75, 3.05) is 11.1 Å². The van der Waals surface area contributed by atoms with Gasteiger partial charge in [0.2, 0.25) is 11.8 Å². The molecule has 7 heteroatoms. The van der Waals surface area contributed by atoms with Gasteiger partial charge in [0, 0.05) is 15.9 Å². The van der Waals surface area contributed by atoms with Crippen LogP contribution in [0.15, 0.2) is 46.9 Å². The molecule has 0 radical (unpaired) electrons. The van der Waals surface area contributed by atoms with Crippen LogP contribution in [0.3, 0.4) is 0 Å². The van der Waals surface area contributed by atoms with E-state index >= 15 is 0 Å². The Balaban J connectivity index is 1.57. The molecule has 1 aliphatic rings. The molecule has 1 fully saturated rings. The lowest BCUT2D eigenvalue weighted by atomic mass is 10.1. The van der Waals surface area contributed by atoms with Crippen LogP contribution in [0.1, 0.15) is 11.1 Å². The number of aryl methyl sites for hydroxylation is 1. The minimum atomic E-state index is -0.569. The first kappa shape index (κ1) is 18.9. The summed E-state index contributed by atoms with van der Waals surface area (Å²) in [4.78, 5) is 24.8. The third kappa shape index (κ3) is 4.65. The number of nitrogens with one attached hydrogen (secondary N) is 2. The summed E-state index contributed by atoms with van der Waals surface area (Å²) < 4.78 is 13.9. The third-order valence-corrected chi connectivity index (χ3v) is 6.35. The summed E-state index contributed by atoms with van der Waals surface area (Å²) >= 11 is 4.87. The van der Waals surface area contributed by atoms with Crippen LogP contribution in [0.4, 0.5) is 10.1 Å². The van der Waals surface area contributed by atoms with Gasteiger partial charge >= 0.3 is 0 Å². The largest absolute Gasteiger partial charge is 0.343 e. The average Bonchev–Trinajstić information content (AvgIpc) is 2.61. The number of hydrogen-bond acceptors (Lipinski definition) is 3. The zero-order valence-electron chi connectivity index (χ0n) is 14.1. The average molecular weight is 437 g/mol. The van der Waals surface area contributed by atoms with E-state index in [-0.39, 0.29) is 22.9 Å². The number of thioether (sulfide) groups is 1. The van der Waals surface area contributed by atoms with Crippen LogP contribution in [0.2, 0.25) is 0 Å². The van der Waals surface area contributed by atoms with E-state index in [1.54, 1.807) is 12.1 Å². The summed E-state index contributed by atoms with van der Waals surface area (Å²) in [5, 5.41) is 5.35. The van der Waals surface area contributed by atoms with Crippen LogP contribution in [-0.2, 0) is 16.0 Å². The summed E-state index contributed by atoms with van der Waals surface area (Å²) in [5.74, 6) is -0.196. The van der Waals surface area contributed by atoms with Crippen LogP contribution in [0, 0.1) is 12.7 Å². The molecule has 1 aliphatic heterocycles. The van der Waals surface area contributed by atoms with Gasteiger partial charge in [-0.2, -0.15) is 0 Å². The van der Waals surface area contributed by atoms with Crippen molar-refractivity contribution in [3.8, 4) is 0 Å². The van der Waals surface area contributed by atoms with E-state index in [4.69, 9.17) is 0 Å². The molecule has 136 valence electrons. The molecule has 2 atom stereocenters. The molecule has 2 N–H and O–H groups in total. The minimum Gasteiger partial charge on any atom is -0.343 e. The zero-order valence-corrected chi connectivity index (χ0v) is 16.5. The molecule has 0 aliphatic carbocycles. The summed E-state index contributed by atoms with van der Waals surface area (Å²) in [5.41, 5.74) is 2.61. The van der Waals surface area contributed by atoms with E-state index in [2.05, 4.69) is 26.6 Å². The molecule has 26 heavy (non-hydrogen) atoms. The number of hydrogen-bond donors (Lipinski definition) is 2. The Hall–Kier alpha value is -1.86. The van der Waals surface area contributed by atoms with Crippen LogP contribution in [0.25, 0.3) is 0 Å². The summed E-state index contributed by atoms with van der Waals surface area (Å²) in [6.07, 6.45) is 0.511. The van der Waals surface area contributed by atoms with E-state index in [1.807, 2.05) is 25.1 Å². The van der Waals surface area contributed by atoms with Crippen molar-refractivity contribution in [1.82, 2.24) is 5.32 Å². The SMILES string of the molecule is Cc1cc(NC(=O)[C@H]2CS[C@@H](Cc3ccc(F)cc3)C(=O)N2)ccc1Br. The monoisotopic (exact) mass is 436 g/mol. The van der Waals surface area contributed by atoms with E-state index in [9.17, 15) is 14.0 Å².